The van der Waals surface area contributed by atoms with Crippen molar-refractivity contribution in [3.8, 4) is 6.07 Å². The summed E-state index contributed by atoms with van der Waals surface area (Å²) in [6.45, 7) is 0.574. The molecule has 84 valence electrons. The third-order valence-electron chi connectivity index (χ3n) is 2.76. The van der Waals surface area contributed by atoms with Crippen LogP contribution in [-0.2, 0) is 4.74 Å². The van der Waals surface area contributed by atoms with Gasteiger partial charge in [-0.1, -0.05) is 17.7 Å². The Morgan fingerprint density at radius 2 is 2.31 bits per heavy atom. The first-order valence-corrected chi connectivity index (χ1v) is 5.56. The van der Waals surface area contributed by atoms with E-state index in [0.29, 0.717) is 17.2 Å². The summed E-state index contributed by atoms with van der Waals surface area (Å²) in [5, 5.41) is 9.34. The second-order valence-electron chi connectivity index (χ2n) is 3.84. The van der Waals surface area contributed by atoms with Gasteiger partial charge in [0.25, 0.3) is 0 Å². The van der Waals surface area contributed by atoms with Gasteiger partial charge in [-0.05, 0) is 25.0 Å². The Hall–Kier alpha value is -1.11. The van der Waals surface area contributed by atoms with E-state index in [2.05, 4.69) is 6.07 Å². The quantitative estimate of drug-likeness (QED) is 0.752. The van der Waals surface area contributed by atoms with Gasteiger partial charge in [-0.2, -0.15) is 5.26 Å². The van der Waals surface area contributed by atoms with Gasteiger partial charge in [0.2, 0.25) is 0 Å². The number of ether oxygens (including phenoxy) is 1. The van der Waals surface area contributed by atoms with Gasteiger partial charge in [0, 0.05) is 17.2 Å². The SMILES string of the molecule is N#CC1CCCOC1c1ccc(Cl)cc1F. The molecule has 1 saturated heterocycles. The fourth-order valence-electron chi connectivity index (χ4n) is 1.95. The van der Waals surface area contributed by atoms with Crippen molar-refractivity contribution in [2.75, 3.05) is 6.61 Å². The summed E-state index contributed by atoms with van der Waals surface area (Å²) in [7, 11) is 0. The molecule has 2 nitrogen and oxygen atoms in total. The number of benzene rings is 1. The van der Waals surface area contributed by atoms with Gasteiger partial charge in [0.05, 0.1) is 12.0 Å². The maximum atomic E-state index is 13.7. The van der Waals surface area contributed by atoms with Crippen LogP contribution in [0.3, 0.4) is 0 Å². The molecule has 0 aliphatic carbocycles. The lowest BCUT2D eigenvalue weighted by atomic mass is 9.90. The molecule has 0 radical (unpaired) electrons. The minimum Gasteiger partial charge on any atom is -0.372 e. The summed E-state index contributed by atoms with van der Waals surface area (Å²) < 4.78 is 19.2. The molecule has 0 aromatic heterocycles. The molecule has 1 aromatic carbocycles. The van der Waals surface area contributed by atoms with Crippen LogP contribution in [0.25, 0.3) is 0 Å². The molecule has 2 unspecified atom stereocenters. The third-order valence-corrected chi connectivity index (χ3v) is 2.99. The predicted molar refractivity (Wildman–Crippen MR) is 58.4 cm³/mol. The second kappa shape index (κ2) is 4.82. The van der Waals surface area contributed by atoms with Gasteiger partial charge in [-0.15, -0.1) is 0 Å². The number of rotatable bonds is 1. The summed E-state index contributed by atoms with van der Waals surface area (Å²) in [6.07, 6.45) is 1.14. The second-order valence-corrected chi connectivity index (χ2v) is 4.27. The molecule has 2 atom stereocenters. The molecular formula is C12H11ClFNO. The highest BCUT2D eigenvalue weighted by Crippen LogP contribution is 2.35. The first-order chi connectivity index (χ1) is 7.72. The Morgan fingerprint density at radius 1 is 1.50 bits per heavy atom. The predicted octanol–water partition coefficient (Wildman–Crippen LogP) is 3.47. The van der Waals surface area contributed by atoms with Crippen LogP contribution in [0.4, 0.5) is 4.39 Å². The smallest absolute Gasteiger partial charge is 0.130 e. The lowest BCUT2D eigenvalue weighted by Crippen LogP contribution is -2.22. The summed E-state index contributed by atoms with van der Waals surface area (Å²) in [5.74, 6) is -0.677. The van der Waals surface area contributed by atoms with E-state index in [1.807, 2.05) is 0 Å². The van der Waals surface area contributed by atoms with Crippen LogP contribution in [0.15, 0.2) is 18.2 Å². The van der Waals surface area contributed by atoms with Gasteiger partial charge < -0.3 is 4.74 Å². The van der Waals surface area contributed by atoms with Crippen LogP contribution in [0, 0.1) is 23.1 Å². The molecule has 0 N–H and O–H groups in total. The first-order valence-electron chi connectivity index (χ1n) is 5.18. The Balaban J connectivity index is 2.31. The van der Waals surface area contributed by atoms with Crippen LogP contribution in [0.1, 0.15) is 24.5 Å². The zero-order valence-corrected chi connectivity index (χ0v) is 9.38. The highest BCUT2D eigenvalue weighted by atomic mass is 35.5. The average molecular weight is 240 g/mol. The van der Waals surface area contributed by atoms with Gasteiger partial charge in [0.1, 0.15) is 11.9 Å². The van der Waals surface area contributed by atoms with Gasteiger partial charge in [-0.25, -0.2) is 4.39 Å². The molecule has 16 heavy (non-hydrogen) atoms. The van der Waals surface area contributed by atoms with Crippen molar-refractivity contribution in [1.82, 2.24) is 0 Å². The number of hydrogen-bond donors (Lipinski definition) is 0. The van der Waals surface area contributed by atoms with Crippen LogP contribution in [0.5, 0.6) is 0 Å². The molecule has 1 fully saturated rings. The third kappa shape index (κ3) is 2.18. The Labute approximate surface area is 98.6 Å². The highest BCUT2D eigenvalue weighted by molar-refractivity contribution is 6.30. The molecule has 1 aliphatic rings. The lowest BCUT2D eigenvalue weighted by molar-refractivity contribution is -0.0121. The van der Waals surface area contributed by atoms with Crippen LogP contribution in [0.2, 0.25) is 5.02 Å². The van der Waals surface area contributed by atoms with E-state index in [1.54, 1.807) is 12.1 Å². The zero-order chi connectivity index (χ0) is 11.5. The summed E-state index contributed by atoms with van der Waals surface area (Å²) in [6, 6.07) is 6.64. The van der Waals surface area contributed by atoms with Crippen LogP contribution >= 0.6 is 11.6 Å². The summed E-state index contributed by atoms with van der Waals surface area (Å²) in [4.78, 5) is 0. The molecule has 1 aliphatic heterocycles. The maximum absolute atomic E-state index is 13.7. The number of hydrogen-bond acceptors (Lipinski definition) is 2. The summed E-state index contributed by atoms with van der Waals surface area (Å²) in [5.41, 5.74) is 0.427. The minimum absolute atomic E-state index is 0.274. The molecule has 2 rings (SSSR count). The molecule has 1 heterocycles. The first kappa shape index (κ1) is 11.4. The maximum Gasteiger partial charge on any atom is 0.130 e. The number of halogens is 2. The van der Waals surface area contributed by atoms with Crippen molar-refractivity contribution >= 4 is 11.6 Å². The largest absolute Gasteiger partial charge is 0.372 e. The van der Waals surface area contributed by atoms with E-state index >= 15 is 0 Å². The van der Waals surface area contributed by atoms with E-state index < -0.39 is 11.9 Å². The fourth-order valence-corrected chi connectivity index (χ4v) is 2.11. The number of nitriles is 1. The molecule has 0 amide bonds. The molecule has 0 spiro atoms. The van der Waals surface area contributed by atoms with E-state index in [-0.39, 0.29) is 5.92 Å². The van der Waals surface area contributed by atoms with Crippen LogP contribution in [-0.4, -0.2) is 6.61 Å². The molecular weight excluding hydrogens is 229 g/mol. The minimum atomic E-state index is -0.462. The number of nitrogens with zero attached hydrogens (tertiary/aromatic N) is 1. The van der Waals surface area contributed by atoms with Crippen molar-refractivity contribution in [2.45, 2.75) is 18.9 Å². The van der Waals surface area contributed by atoms with Gasteiger partial charge in [0.15, 0.2) is 0 Å². The standard InChI is InChI=1S/C12H11ClFNO/c13-9-3-4-10(11(14)6-9)12-8(7-15)2-1-5-16-12/h3-4,6,8,12H,1-2,5H2. The Kier molecular flexibility index (Phi) is 3.42. The molecule has 0 saturated carbocycles. The van der Waals surface area contributed by atoms with Crippen molar-refractivity contribution in [3.63, 3.8) is 0 Å². The van der Waals surface area contributed by atoms with E-state index in [0.717, 1.165) is 12.8 Å². The van der Waals surface area contributed by atoms with Crippen molar-refractivity contribution < 1.29 is 9.13 Å². The monoisotopic (exact) mass is 239 g/mol. The molecule has 1 aromatic rings. The normalized spacial score (nSPS) is 25.1. The zero-order valence-electron chi connectivity index (χ0n) is 8.62. The van der Waals surface area contributed by atoms with E-state index in [1.165, 1.54) is 6.07 Å². The molecule has 4 heteroatoms. The Morgan fingerprint density at radius 3 is 3.00 bits per heavy atom. The fraction of sp³-hybridized carbons (Fsp3) is 0.417. The van der Waals surface area contributed by atoms with E-state index in [9.17, 15) is 4.39 Å². The molecule has 0 bridgehead atoms. The van der Waals surface area contributed by atoms with Crippen LogP contribution < -0.4 is 0 Å². The lowest BCUT2D eigenvalue weighted by Gasteiger charge is -2.27. The van der Waals surface area contributed by atoms with Crippen molar-refractivity contribution in [1.29, 1.82) is 5.26 Å². The van der Waals surface area contributed by atoms with Crippen molar-refractivity contribution in [2.24, 2.45) is 5.92 Å². The summed E-state index contributed by atoms with van der Waals surface area (Å²) >= 11 is 5.68. The Bertz CT molecular complexity index is 430. The van der Waals surface area contributed by atoms with Gasteiger partial charge in [-0.3, -0.25) is 0 Å². The van der Waals surface area contributed by atoms with Gasteiger partial charge >= 0.3 is 0 Å². The van der Waals surface area contributed by atoms with Crippen molar-refractivity contribution in [3.05, 3.63) is 34.6 Å². The average Bonchev–Trinajstić information content (AvgIpc) is 2.29. The van der Waals surface area contributed by atoms with E-state index in [4.69, 9.17) is 21.6 Å². The highest BCUT2D eigenvalue weighted by Gasteiger charge is 2.29. The topological polar surface area (TPSA) is 33.0 Å².